The van der Waals surface area contributed by atoms with Crippen molar-refractivity contribution in [3.8, 4) is 34.1 Å². The third-order valence-electron chi connectivity index (χ3n) is 4.12. The molecule has 0 aliphatic heterocycles. The molecule has 10 heteroatoms. The summed E-state index contributed by atoms with van der Waals surface area (Å²) >= 11 is 1.28. The van der Waals surface area contributed by atoms with Gasteiger partial charge in [0.15, 0.2) is 16.7 Å². The molecule has 4 rings (SSSR count). The van der Waals surface area contributed by atoms with Gasteiger partial charge in [0.05, 0.1) is 31.2 Å². The number of para-hydroxylation sites is 1. The lowest BCUT2D eigenvalue weighted by atomic mass is 10.2. The van der Waals surface area contributed by atoms with E-state index in [1.807, 2.05) is 18.2 Å². The smallest absolute Gasteiger partial charge is 0.252 e. The molecule has 0 saturated heterocycles. The van der Waals surface area contributed by atoms with Crippen molar-refractivity contribution in [2.75, 3.05) is 14.2 Å². The summed E-state index contributed by atoms with van der Waals surface area (Å²) in [4.78, 5) is 27.7. The molecule has 9 nitrogen and oxygen atoms in total. The number of methoxy groups -OCH3 is 2. The molecule has 4 aromatic rings. The SMILES string of the molecule is COc1cccc(-c2noc(CSc3nc(-c4cccnc4)cc(=O)[nH]3)n2)c1OC. The first kappa shape index (κ1) is 19.6. The molecule has 0 radical (unpaired) electrons. The summed E-state index contributed by atoms with van der Waals surface area (Å²) in [5.74, 6) is 2.19. The van der Waals surface area contributed by atoms with Crippen molar-refractivity contribution in [2.45, 2.75) is 10.9 Å². The highest BCUT2D eigenvalue weighted by Gasteiger charge is 2.17. The van der Waals surface area contributed by atoms with E-state index in [-0.39, 0.29) is 5.56 Å². The van der Waals surface area contributed by atoms with Crippen molar-refractivity contribution in [2.24, 2.45) is 0 Å². The molecule has 0 atom stereocenters. The molecule has 0 fully saturated rings. The van der Waals surface area contributed by atoms with Crippen molar-refractivity contribution in [1.29, 1.82) is 0 Å². The zero-order chi connectivity index (χ0) is 20.9. The Morgan fingerprint density at radius 2 is 2.03 bits per heavy atom. The minimum Gasteiger partial charge on any atom is -0.493 e. The Labute approximate surface area is 175 Å². The van der Waals surface area contributed by atoms with Gasteiger partial charge in [-0.25, -0.2) is 4.98 Å². The average Bonchev–Trinajstić information content (AvgIpc) is 3.26. The second-order valence-electron chi connectivity index (χ2n) is 6.02. The van der Waals surface area contributed by atoms with Crippen LogP contribution in [0.25, 0.3) is 22.6 Å². The molecule has 0 amide bonds. The lowest BCUT2D eigenvalue weighted by molar-refractivity contribution is 0.355. The number of pyridine rings is 1. The fraction of sp³-hybridized carbons (Fsp3) is 0.150. The van der Waals surface area contributed by atoms with Crippen LogP contribution in [0.5, 0.6) is 11.5 Å². The van der Waals surface area contributed by atoms with E-state index in [1.54, 1.807) is 38.7 Å². The number of hydrogen-bond acceptors (Lipinski definition) is 9. The van der Waals surface area contributed by atoms with Crippen molar-refractivity contribution in [3.63, 3.8) is 0 Å². The molecule has 152 valence electrons. The van der Waals surface area contributed by atoms with Gasteiger partial charge in [-0.2, -0.15) is 4.98 Å². The van der Waals surface area contributed by atoms with Crippen LogP contribution in [0.3, 0.4) is 0 Å². The van der Waals surface area contributed by atoms with E-state index in [1.165, 1.54) is 17.8 Å². The molecule has 0 unspecified atom stereocenters. The van der Waals surface area contributed by atoms with E-state index in [2.05, 4.69) is 25.1 Å². The second kappa shape index (κ2) is 8.78. The molecular weight excluding hydrogens is 406 g/mol. The Morgan fingerprint density at radius 1 is 1.13 bits per heavy atom. The van der Waals surface area contributed by atoms with Gasteiger partial charge in [-0.15, -0.1) is 0 Å². The average molecular weight is 423 g/mol. The molecule has 0 bridgehead atoms. The van der Waals surface area contributed by atoms with E-state index in [9.17, 15) is 4.79 Å². The maximum absolute atomic E-state index is 12.0. The fourth-order valence-corrected chi connectivity index (χ4v) is 3.50. The molecule has 30 heavy (non-hydrogen) atoms. The van der Waals surface area contributed by atoms with Gasteiger partial charge < -0.3 is 19.0 Å². The van der Waals surface area contributed by atoms with E-state index >= 15 is 0 Å². The van der Waals surface area contributed by atoms with E-state index in [4.69, 9.17) is 14.0 Å². The number of nitrogens with one attached hydrogen (secondary N) is 1. The Hall–Kier alpha value is -3.66. The van der Waals surface area contributed by atoms with Crippen LogP contribution in [-0.4, -0.2) is 39.3 Å². The van der Waals surface area contributed by atoms with Gasteiger partial charge in [0, 0.05) is 24.0 Å². The third kappa shape index (κ3) is 4.18. The summed E-state index contributed by atoms with van der Waals surface area (Å²) in [5.41, 5.74) is 1.71. The lowest BCUT2D eigenvalue weighted by Crippen LogP contribution is -2.08. The Balaban J connectivity index is 1.54. The van der Waals surface area contributed by atoms with Crippen LogP contribution in [0.15, 0.2) is 63.3 Å². The molecule has 3 aromatic heterocycles. The number of ether oxygens (including phenoxy) is 2. The maximum Gasteiger partial charge on any atom is 0.252 e. The summed E-state index contributed by atoms with van der Waals surface area (Å²) in [6, 6.07) is 10.5. The van der Waals surface area contributed by atoms with Gasteiger partial charge >= 0.3 is 0 Å². The standard InChI is InChI=1S/C20H17N5O4S/c1-27-15-7-3-6-13(18(15)28-2)19-24-17(29-25-19)11-30-20-22-14(9-16(26)23-20)12-5-4-8-21-10-12/h3-10H,11H2,1-2H3,(H,22,23,26). The van der Waals surface area contributed by atoms with Crippen LogP contribution < -0.4 is 15.0 Å². The van der Waals surface area contributed by atoms with Crippen LogP contribution in [0, 0.1) is 0 Å². The van der Waals surface area contributed by atoms with Crippen molar-refractivity contribution >= 4 is 11.8 Å². The van der Waals surface area contributed by atoms with Crippen LogP contribution >= 0.6 is 11.8 Å². The summed E-state index contributed by atoms with van der Waals surface area (Å²) in [6.45, 7) is 0. The van der Waals surface area contributed by atoms with Crippen LogP contribution in [0.4, 0.5) is 0 Å². The predicted octanol–water partition coefficient (Wildman–Crippen LogP) is 3.19. The van der Waals surface area contributed by atoms with E-state index < -0.39 is 0 Å². The number of hydrogen-bond donors (Lipinski definition) is 1. The topological polar surface area (TPSA) is 116 Å². The summed E-state index contributed by atoms with van der Waals surface area (Å²) in [5, 5.41) is 4.47. The van der Waals surface area contributed by atoms with Crippen LogP contribution in [-0.2, 0) is 5.75 Å². The van der Waals surface area contributed by atoms with Crippen LogP contribution in [0.1, 0.15) is 5.89 Å². The van der Waals surface area contributed by atoms with Gasteiger partial charge in [0.1, 0.15) is 0 Å². The van der Waals surface area contributed by atoms with Crippen molar-refractivity contribution in [3.05, 3.63) is 65.0 Å². The van der Waals surface area contributed by atoms with Gasteiger partial charge in [-0.3, -0.25) is 9.78 Å². The molecule has 0 aliphatic rings. The quantitative estimate of drug-likeness (QED) is 0.353. The summed E-state index contributed by atoms with van der Waals surface area (Å²) < 4.78 is 16.1. The molecule has 0 spiro atoms. The zero-order valence-electron chi connectivity index (χ0n) is 16.2. The van der Waals surface area contributed by atoms with Gasteiger partial charge in [-0.05, 0) is 24.3 Å². The highest BCUT2D eigenvalue weighted by atomic mass is 32.2. The third-order valence-corrected chi connectivity index (χ3v) is 4.98. The lowest BCUT2D eigenvalue weighted by Gasteiger charge is -2.09. The van der Waals surface area contributed by atoms with Gasteiger partial charge in [-0.1, -0.05) is 23.0 Å². The minimum atomic E-state index is -0.251. The first-order chi connectivity index (χ1) is 14.7. The predicted molar refractivity (Wildman–Crippen MR) is 110 cm³/mol. The molecule has 1 N–H and O–H groups in total. The normalized spacial score (nSPS) is 10.7. The van der Waals surface area contributed by atoms with Gasteiger partial charge in [0.2, 0.25) is 11.7 Å². The number of aromatic nitrogens is 5. The summed E-state index contributed by atoms with van der Waals surface area (Å²) in [6.07, 6.45) is 3.32. The molecule has 3 heterocycles. The maximum atomic E-state index is 12.0. The number of nitrogens with zero attached hydrogens (tertiary/aromatic N) is 4. The first-order valence-electron chi connectivity index (χ1n) is 8.86. The second-order valence-corrected chi connectivity index (χ2v) is 6.98. The minimum absolute atomic E-state index is 0.251. The molecular formula is C20H17N5O4S. The number of H-pyrrole nitrogens is 1. The summed E-state index contributed by atoms with van der Waals surface area (Å²) in [7, 11) is 3.11. The highest BCUT2D eigenvalue weighted by molar-refractivity contribution is 7.98. The molecule has 0 saturated carbocycles. The number of aromatic amines is 1. The zero-order valence-corrected chi connectivity index (χ0v) is 17.0. The largest absolute Gasteiger partial charge is 0.493 e. The Kier molecular flexibility index (Phi) is 5.75. The monoisotopic (exact) mass is 423 g/mol. The van der Waals surface area contributed by atoms with Gasteiger partial charge in [0.25, 0.3) is 5.56 Å². The Bertz CT molecular complexity index is 1210. The molecule has 1 aromatic carbocycles. The van der Waals surface area contributed by atoms with Crippen LogP contribution in [0.2, 0.25) is 0 Å². The molecule has 0 aliphatic carbocycles. The van der Waals surface area contributed by atoms with Crippen molar-refractivity contribution < 1.29 is 14.0 Å². The van der Waals surface area contributed by atoms with E-state index in [0.717, 1.165) is 5.56 Å². The van der Waals surface area contributed by atoms with E-state index in [0.29, 0.717) is 45.4 Å². The number of rotatable bonds is 7. The Morgan fingerprint density at radius 3 is 2.80 bits per heavy atom. The fourth-order valence-electron chi connectivity index (χ4n) is 2.78. The highest BCUT2D eigenvalue weighted by Crippen LogP contribution is 2.36. The van der Waals surface area contributed by atoms with Crippen molar-refractivity contribution in [1.82, 2.24) is 25.1 Å². The number of benzene rings is 1. The number of thioether (sulfide) groups is 1. The first-order valence-corrected chi connectivity index (χ1v) is 9.85.